The van der Waals surface area contributed by atoms with Crippen LogP contribution >= 0.6 is 0 Å². The van der Waals surface area contributed by atoms with Crippen LogP contribution in [-0.4, -0.2) is 18.6 Å². The Labute approximate surface area is 112 Å². The number of aromatic nitrogens is 2. The smallest absolute Gasteiger partial charge is 0.240 e. The Morgan fingerprint density at radius 2 is 2.00 bits per heavy atom. The van der Waals surface area contributed by atoms with E-state index in [1.807, 2.05) is 6.92 Å². The molecule has 0 bridgehead atoms. The van der Waals surface area contributed by atoms with Crippen molar-refractivity contribution in [3.63, 3.8) is 0 Å². The molecule has 0 fully saturated rings. The number of sulfonamides is 1. The van der Waals surface area contributed by atoms with Gasteiger partial charge in [0.25, 0.3) is 0 Å². The second-order valence-corrected chi connectivity index (χ2v) is 5.96. The van der Waals surface area contributed by atoms with E-state index in [9.17, 15) is 8.42 Å². The van der Waals surface area contributed by atoms with Gasteiger partial charge in [0, 0.05) is 24.3 Å². The van der Waals surface area contributed by atoms with Crippen molar-refractivity contribution in [2.24, 2.45) is 5.73 Å². The molecular formula is C12H16N4O2S. The number of hydrogen-bond donors (Lipinski definition) is 3. The van der Waals surface area contributed by atoms with Gasteiger partial charge in [-0.2, -0.15) is 5.10 Å². The Hall–Kier alpha value is -1.70. The molecule has 0 aliphatic rings. The minimum Gasteiger partial charge on any atom is -0.326 e. The molecule has 0 unspecified atom stereocenters. The molecule has 0 atom stereocenters. The van der Waals surface area contributed by atoms with Crippen LogP contribution in [0.5, 0.6) is 0 Å². The third-order valence-corrected chi connectivity index (χ3v) is 4.27. The van der Waals surface area contributed by atoms with Crippen molar-refractivity contribution in [3.8, 4) is 0 Å². The molecule has 6 nitrogen and oxygen atoms in total. The molecule has 1 aromatic carbocycles. The molecule has 4 N–H and O–H groups in total. The summed E-state index contributed by atoms with van der Waals surface area (Å²) in [4.78, 5) is 0.228. The topological polar surface area (TPSA) is 101 Å². The lowest BCUT2D eigenvalue weighted by molar-refractivity contribution is 0.581. The highest BCUT2D eigenvalue weighted by atomic mass is 32.2. The molecule has 1 heterocycles. The van der Waals surface area contributed by atoms with Gasteiger partial charge in [0.2, 0.25) is 10.0 Å². The van der Waals surface area contributed by atoms with Crippen LogP contribution in [0.3, 0.4) is 0 Å². The highest BCUT2D eigenvalue weighted by Gasteiger charge is 2.14. The number of nitrogens with one attached hydrogen (secondary N) is 2. The lowest BCUT2D eigenvalue weighted by Crippen LogP contribution is -2.23. The van der Waals surface area contributed by atoms with Gasteiger partial charge in [-0.3, -0.25) is 5.10 Å². The summed E-state index contributed by atoms with van der Waals surface area (Å²) >= 11 is 0. The molecule has 1 aromatic heterocycles. The first kappa shape index (κ1) is 13.7. The van der Waals surface area contributed by atoms with E-state index >= 15 is 0 Å². The molecule has 0 aliphatic heterocycles. The van der Waals surface area contributed by atoms with E-state index in [-0.39, 0.29) is 11.4 Å². The van der Waals surface area contributed by atoms with E-state index in [1.54, 1.807) is 30.5 Å². The number of hydrogen-bond acceptors (Lipinski definition) is 4. The molecule has 0 amide bonds. The highest BCUT2D eigenvalue weighted by Crippen LogP contribution is 2.11. The zero-order valence-electron chi connectivity index (χ0n) is 10.6. The van der Waals surface area contributed by atoms with Gasteiger partial charge in [-0.1, -0.05) is 12.1 Å². The molecule has 2 rings (SSSR count). The van der Waals surface area contributed by atoms with Crippen molar-refractivity contribution in [2.75, 3.05) is 0 Å². The summed E-state index contributed by atoms with van der Waals surface area (Å²) in [6.45, 7) is 2.44. The van der Waals surface area contributed by atoms with Gasteiger partial charge in [-0.15, -0.1) is 0 Å². The van der Waals surface area contributed by atoms with Crippen molar-refractivity contribution >= 4 is 10.0 Å². The zero-order valence-corrected chi connectivity index (χ0v) is 11.4. The van der Waals surface area contributed by atoms with Gasteiger partial charge in [0.15, 0.2) is 0 Å². The Bertz CT molecular complexity index is 647. The van der Waals surface area contributed by atoms with E-state index in [2.05, 4.69) is 14.9 Å². The number of aromatic amines is 1. The van der Waals surface area contributed by atoms with Gasteiger partial charge in [0.1, 0.15) is 0 Å². The number of nitrogens with zero attached hydrogens (tertiary/aromatic N) is 1. The Balaban J connectivity index is 2.11. The van der Waals surface area contributed by atoms with Crippen LogP contribution in [0.2, 0.25) is 0 Å². The van der Waals surface area contributed by atoms with E-state index in [0.29, 0.717) is 6.54 Å². The number of benzene rings is 1. The third kappa shape index (κ3) is 3.19. The quantitative estimate of drug-likeness (QED) is 0.748. The summed E-state index contributed by atoms with van der Waals surface area (Å²) in [6.07, 6.45) is 1.61. The molecule has 7 heteroatoms. The summed E-state index contributed by atoms with van der Waals surface area (Å²) in [7, 11) is -3.51. The average molecular weight is 280 g/mol. The van der Waals surface area contributed by atoms with Gasteiger partial charge in [-0.25, -0.2) is 13.1 Å². The predicted octanol–water partition coefficient (Wildman–Crippen LogP) is 0.655. The molecule has 0 saturated heterocycles. The van der Waals surface area contributed by atoms with Crippen LogP contribution in [0.1, 0.15) is 16.8 Å². The molecule has 0 aliphatic carbocycles. The summed E-state index contributed by atoms with van der Waals surface area (Å²) in [5.74, 6) is 0. The van der Waals surface area contributed by atoms with E-state index in [0.717, 1.165) is 16.8 Å². The molecule has 0 saturated carbocycles. The van der Waals surface area contributed by atoms with E-state index < -0.39 is 10.0 Å². The minimum absolute atomic E-state index is 0.212. The third-order valence-electron chi connectivity index (χ3n) is 2.86. The van der Waals surface area contributed by atoms with Crippen LogP contribution in [0, 0.1) is 6.92 Å². The first-order valence-corrected chi connectivity index (χ1v) is 7.29. The fraction of sp³-hybridized carbons (Fsp3) is 0.250. The minimum atomic E-state index is -3.51. The predicted molar refractivity (Wildman–Crippen MR) is 71.7 cm³/mol. The van der Waals surface area contributed by atoms with Gasteiger partial charge in [0.05, 0.1) is 11.1 Å². The monoisotopic (exact) mass is 280 g/mol. The molecule has 0 radical (unpaired) electrons. The molecule has 2 aromatic rings. The second-order valence-electron chi connectivity index (χ2n) is 4.19. The lowest BCUT2D eigenvalue weighted by atomic mass is 10.2. The van der Waals surface area contributed by atoms with Crippen molar-refractivity contribution in [1.82, 2.24) is 14.9 Å². The molecule has 0 spiro atoms. The van der Waals surface area contributed by atoms with Crippen molar-refractivity contribution in [3.05, 3.63) is 47.3 Å². The maximum absolute atomic E-state index is 12.1. The maximum Gasteiger partial charge on any atom is 0.240 e. The molecule has 19 heavy (non-hydrogen) atoms. The number of nitrogens with two attached hydrogens (primary N) is 1. The van der Waals surface area contributed by atoms with Crippen LogP contribution in [0.25, 0.3) is 0 Å². The van der Waals surface area contributed by atoms with Gasteiger partial charge < -0.3 is 5.73 Å². The van der Waals surface area contributed by atoms with E-state index in [4.69, 9.17) is 5.73 Å². The van der Waals surface area contributed by atoms with Crippen molar-refractivity contribution in [1.29, 1.82) is 0 Å². The molecule has 102 valence electrons. The van der Waals surface area contributed by atoms with Crippen LogP contribution in [-0.2, 0) is 23.1 Å². The number of H-pyrrole nitrogens is 1. The maximum atomic E-state index is 12.1. The summed E-state index contributed by atoms with van der Waals surface area (Å²) < 4.78 is 26.7. The zero-order chi connectivity index (χ0) is 13.9. The number of aryl methyl sites for hydroxylation is 1. The van der Waals surface area contributed by atoms with Crippen LogP contribution < -0.4 is 10.5 Å². The SMILES string of the molecule is Cc1[nH]ncc1CNS(=O)(=O)c1ccc(CN)cc1. The Kier molecular flexibility index (Phi) is 3.98. The van der Waals surface area contributed by atoms with E-state index in [1.165, 1.54) is 0 Å². The van der Waals surface area contributed by atoms with Gasteiger partial charge in [-0.05, 0) is 24.6 Å². The fourth-order valence-corrected chi connectivity index (χ4v) is 2.62. The normalized spacial score (nSPS) is 11.7. The Morgan fingerprint density at radius 3 is 2.53 bits per heavy atom. The summed E-state index contributed by atoms with van der Waals surface area (Å²) in [6, 6.07) is 6.51. The van der Waals surface area contributed by atoms with Crippen molar-refractivity contribution < 1.29 is 8.42 Å². The first-order chi connectivity index (χ1) is 9.03. The highest BCUT2D eigenvalue weighted by molar-refractivity contribution is 7.89. The standard InChI is InChI=1S/C12H16N4O2S/c1-9-11(7-14-16-9)8-15-19(17,18)12-4-2-10(6-13)3-5-12/h2-5,7,15H,6,8,13H2,1H3,(H,14,16). The lowest BCUT2D eigenvalue weighted by Gasteiger charge is -2.07. The fourth-order valence-electron chi connectivity index (χ4n) is 1.61. The molecular weight excluding hydrogens is 264 g/mol. The first-order valence-electron chi connectivity index (χ1n) is 5.80. The summed E-state index contributed by atoms with van der Waals surface area (Å²) in [5.41, 5.74) is 8.04. The Morgan fingerprint density at radius 1 is 1.32 bits per heavy atom. The summed E-state index contributed by atoms with van der Waals surface area (Å²) in [5, 5.41) is 6.61. The van der Waals surface area contributed by atoms with Crippen LogP contribution in [0.15, 0.2) is 35.4 Å². The number of rotatable bonds is 5. The van der Waals surface area contributed by atoms with Crippen LogP contribution in [0.4, 0.5) is 0 Å². The average Bonchev–Trinajstić information content (AvgIpc) is 2.82. The van der Waals surface area contributed by atoms with Crippen molar-refractivity contribution in [2.45, 2.75) is 24.9 Å². The van der Waals surface area contributed by atoms with Gasteiger partial charge >= 0.3 is 0 Å². The second kappa shape index (κ2) is 5.52. The largest absolute Gasteiger partial charge is 0.326 e.